The first-order valence-corrected chi connectivity index (χ1v) is 14.5. The maximum Gasteiger partial charge on any atom is 0.234 e. The number of aromatic nitrogens is 4. The molecule has 12 heteroatoms. The number of nitrogens with one attached hydrogen (secondary N) is 2. The lowest BCUT2D eigenvalue weighted by Crippen LogP contribution is -2.14. The van der Waals surface area contributed by atoms with Crippen molar-refractivity contribution >= 4 is 69.4 Å². The Hall–Kier alpha value is -2.80. The number of carbonyl (C=O) groups is 2. The van der Waals surface area contributed by atoms with E-state index in [0.717, 1.165) is 52.3 Å². The normalized spacial score (nSPS) is 10.9. The van der Waals surface area contributed by atoms with E-state index in [-0.39, 0.29) is 23.3 Å². The van der Waals surface area contributed by atoms with Crippen molar-refractivity contribution in [3.8, 4) is 11.1 Å². The van der Waals surface area contributed by atoms with Gasteiger partial charge < -0.3 is 10.6 Å². The quantitative estimate of drug-likeness (QED) is 0.251. The van der Waals surface area contributed by atoms with Crippen LogP contribution in [0, 0.1) is 27.7 Å². The highest BCUT2D eigenvalue weighted by Gasteiger charge is 2.12. The van der Waals surface area contributed by atoms with Crippen LogP contribution in [-0.4, -0.2) is 43.7 Å². The van der Waals surface area contributed by atoms with Crippen LogP contribution in [0.15, 0.2) is 45.1 Å². The number of aryl methyl sites for hydroxylation is 4. The Kier molecular flexibility index (Phi) is 8.72. The molecule has 4 aromatic rings. The standard InChI is InChI=1S/C24H24N6O2S4/c1-13-9-17(25-21(31)11-33-23-29-27-15(3)35-23)5-7-19(13)20-8-6-18(10-14(20)2)26-22(32)12-34-24-30-28-16(4)36-24/h5-10H,11-12H2,1-4H3,(H,25,31)(H,26,32). The van der Waals surface area contributed by atoms with Gasteiger partial charge in [0.25, 0.3) is 0 Å². The van der Waals surface area contributed by atoms with Crippen molar-refractivity contribution in [1.29, 1.82) is 0 Å². The average molecular weight is 557 g/mol. The van der Waals surface area contributed by atoms with E-state index in [2.05, 4.69) is 31.0 Å². The molecular formula is C24H24N6O2S4. The number of thioether (sulfide) groups is 2. The van der Waals surface area contributed by atoms with Gasteiger partial charge in [-0.25, -0.2) is 0 Å². The minimum Gasteiger partial charge on any atom is -0.325 e. The summed E-state index contributed by atoms with van der Waals surface area (Å²) in [6.45, 7) is 7.82. The molecule has 0 radical (unpaired) electrons. The molecule has 0 saturated carbocycles. The molecule has 0 atom stereocenters. The molecule has 36 heavy (non-hydrogen) atoms. The number of nitrogens with zero attached hydrogens (tertiary/aromatic N) is 4. The lowest BCUT2D eigenvalue weighted by atomic mass is 9.96. The van der Waals surface area contributed by atoms with Gasteiger partial charge in [-0.2, -0.15) is 0 Å². The monoisotopic (exact) mass is 556 g/mol. The van der Waals surface area contributed by atoms with Crippen LogP contribution in [0.25, 0.3) is 11.1 Å². The van der Waals surface area contributed by atoms with Crippen molar-refractivity contribution in [2.24, 2.45) is 0 Å². The van der Waals surface area contributed by atoms with E-state index in [0.29, 0.717) is 0 Å². The highest BCUT2D eigenvalue weighted by molar-refractivity contribution is 8.01. The van der Waals surface area contributed by atoms with Crippen LogP contribution < -0.4 is 10.6 Å². The van der Waals surface area contributed by atoms with Crippen molar-refractivity contribution in [2.75, 3.05) is 22.1 Å². The Balaban J connectivity index is 1.35. The Morgan fingerprint density at radius 3 is 1.44 bits per heavy atom. The minimum absolute atomic E-state index is 0.0873. The van der Waals surface area contributed by atoms with Crippen LogP contribution >= 0.6 is 46.2 Å². The van der Waals surface area contributed by atoms with Crippen LogP contribution in [0.4, 0.5) is 11.4 Å². The molecule has 2 aromatic carbocycles. The maximum atomic E-state index is 12.3. The second-order valence-electron chi connectivity index (χ2n) is 7.91. The molecule has 0 saturated heterocycles. The Morgan fingerprint density at radius 2 is 1.11 bits per heavy atom. The van der Waals surface area contributed by atoms with Gasteiger partial charge in [-0.05, 0) is 74.2 Å². The van der Waals surface area contributed by atoms with E-state index in [4.69, 9.17) is 0 Å². The minimum atomic E-state index is -0.0873. The summed E-state index contributed by atoms with van der Waals surface area (Å²) in [5.74, 6) is 0.382. The molecule has 0 aliphatic rings. The van der Waals surface area contributed by atoms with Crippen LogP contribution in [-0.2, 0) is 9.59 Å². The molecule has 2 heterocycles. The van der Waals surface area contributed by atoms with Crippen molar-refractivity contribution in [3.05, 3.63) is 57.5 Å². The molecule has 0 fully saturated rings. The third kappa shape index (κ3) is 7.12. The van der Waals surface area contributed by atoms with Crippen LogP contribution in [0.5, 0.6) is 0 Å². The molecule has 8 nitrogen and oxygen atoms in total. The van der Waals surface area contributed by atoms with E-state index in [1.807, 2.05) is 64.1 Å². The number of benzene rings is 2. The van der Waals surface area contributed by atoms with Gasteiger partial charge in [0.05, 0.1) is 11.5 Å². The maximum absolute atomic E-state index is 12.3. The number of hydrogen-bond acceptors (Lipinski definition) is 10. The van der Waals surface area contributed by atoms with E-state index < -0.39 is 0 Å². The highest BCUT2D eigenvalue weighted by atomic mass is 32.2. The van der Waals surface area contributed by atoms with Crippen LogP contribution in [0.3, 0.4) is 0 Å². The summed E-state index contributed by atoms with van der Waals surface area (Å²) in [6, 6.07) is 11.8. The summed E-state index contributed by atoms with van der Waals surface area (Å²) in [7, 11) is 0. The second-order valence-corrected chi connectivity index (χ2v) is 12.7. The topological polar surface area (TPSA) is 110 Å². The van der Waals surface area contributed by atoms with Crippen molar-refractivity contribution in [2.45, 2.75) is 36.4 Å². The summed E-state index contributed by atoms with van der Waals surface area (Å²) in [6.07, 6.45) is 0. The first kappa shape index (κ1) is 26.3. The van der Waals surface area contributed by atoms with Gasteiger partial charge in [0.1, 0.15) is 10.0 Å². The first-order valence-electron chi connectivity index (χ1n) is 10.9. The zero-order chi connectivity index (χ0) is 25.7. The zero-order valence-corrected chi connectivity index (χ0v) is 23.4. The molecule has 186 valence electrons. The molecule has 0 aliphatic heterocycles. The van der Waals surface area contributed by atoms with Gasteiger partial charge in [0, 0.05) is 11.4 Å². The summed E-state index contributed by atoms with van der Waals surface area (Å²) in [4.78, 5) is 24.7. The van der Waals surface area contributed by atoms with Gasteiger partial charge in [-0.3, -0.25) is 9.59 Å². The number of hydrogen-bond donors (Lipinski definition) is 2. The third-order valence-electron chi connectivity index (χ3n) is 4.98. The van der Waals surface area contributed by atoms with E-state index in [9.17, 15) is 9.59 Å². The molecule has 0 spiro atoms. The summed E-state index contributed by atoms with van der Waals surface area (Å²) in [5, 5.41) is 23.7. The Morgan fingerprint density at radius 1 is 0.694 bits per heavy atom. The predicted molar refractivity (Wildman–Crippen MR) is 149 cm³/mol. The predicted octanol–water partition coefficient (Wildman–Crippen LogP) is 5.75. The lowest BCUT2D eigenvalue weighted by molar-refractivity contribution is -0.114. The first-order chi connectivity index (χ1) is 17.3. The van der Waals surface area contributed by atoms with Crippen LogP contribution in [0.2, 0.25) is 0 Å². The molecule has 0 unspecified atom stereocenters. The van der Waals surface area contributed by atoms with Gasteiger partial charge >= 0.3 is 0 Å². The number of anilines is 2. The molecule has 2 N–H and O–H groups in total. The number of amides is 2. The SMILES string of the molecule is Cc1nnc(SCC(=O)Nc2ccc(-c3ccc(NC(=O)CSc4nnc(C)s4)cc3C)c(C)c2)s1. The summed E-state index contributed by atoms with van der Waals surface area (Å²) >= 11 is 5.71. The van der Waals surface area contributed by atoms with Gasteiger partial charge in [-0.15, -0.1) is 20.4 Å². The number of carbonyl (C=O) groups excluding carboxylic acids is 2. The van der Waals surface area contributed by atoms with Gasteiger partial charge in [0.2, 0.25) is 11.8 Å². The lowest BCUT2D eigenvalue weighted by Gasteiger charge is -2.14. The fraction of sp³-hybridized carbons (Fsp3) is 0.250. The third-order valence-corrected chi connectivity index (χ3v) is 8.92. The fourth-order valence-electron chi connectivity index (χ4n) is 3.41. The van der Waals surface area contributed by atoms with Crippen molar-refractivity contribution in [3.63, 3.8) is 0 Å². The zero-order valence-electron chi connectivity index (χ0n) is 20.1. The molecule has 0 aliphatic carbocycles. The van der Waals surface area contributed by atoms with Gasteiger partial charge in [0.15, 0.2) is 8.68 Å². The smallest absolute Gasteiger partial charge is 0.234 e. The Bertz CT molecular complexity index is 1300. The summed E-state index contributed by atoms with van der Waals surface area (Å²) in [5.41, 5.74) is 5.74. The molecule has 4 rings (SSSR count). The Labute approximate surface area is 225 Å². The van der Waals surface area contributed by atoms with Crippen molar-refractivity contribution in [1.82, 2.24) is 20.4 Å². The fourth-order valence-corrected chi connectivity index (χ4v) is 6.64. The molecule has 2 amide bonds. The highest BCUT2D eigenvalue weighted by Crippen LogP contribution is 2.31. The molecular weight excluding hydrogens is 533 g/mol. The largest absolute Gasteiger partial charge is 0.325 e. The molecule has 0 bridgehead atoms. The van der Waals surface area contributed by atoms with E-state index in [1.165, 1.54) is 46.2 Å². The second kappa shape index (κ2) is 12.0. The van der Waals surface area contributed by atoms with E-state index in [1.54, 1.807) is 0 Å². The van der Waals surface area contributed by atoms with Crippen molar-refractivity contribution < 1.29 is 9.59 Å². The average Bonchev–Trinajstić information content (AvgIpc) is 3.44. The van der Waals surface area contributed by atoms with E-state index >= 15 is 0 Å². The van der Waals surface area contributed by atoms with Gasteiger partial charge in [-0.1, -0.05) is 58.3 Å². The molecule has 2 aromatic heterocycles. The van der Waals surface area contributed by atoms with Crippen LogP contribution in [0.1, 0.15) is 21.1 Å². The summed E-state index contributed by atoms with van der Waals surface area (Å²) < 4.78 is 1.57. The number of rotatable bonds is 9.